The number of benzene rings is 1. The molecule has 4 bridgehead atoms. The Kier molecular flexibility index (Phi) is 4.25. The Balaban J connectivity index is 1.56. The predicted molar refractivity (Wildman–Crippen MR) is 106 cm³/mol. The summed E-state index contributed by atoms with van der Waals surface area (Å²) in [7, 11) is 5.27. The van der Waals surface area contributed by atoms with Crippen molar-refractivity contribution in [1.29, 1.82) is 0 Å². The molecule has 2 unspecified atom stereocenters. The van der Waals surface area contributed by atoms with Crippen LogP contribution in [0.1, 0.15) is 57.9 Å². The molecule has 0 saturated heterocycles. The van der Waals surface area contributed by atoms with Crippen LogP contribution in [0.25, 0.3) is 0 Å². The summed E-state index contributed by atoms with van der Waals surface area (Å²) in [6, 6.07) is 5.83. The van der Waals surface area contributed by atoms with Crippen LogP contribution in [0.15, 0.2) is 18.2 Å². The molecule has 0 radical (unpaired) electrons. The molecule has 2 atom stereocenters. The zero-order chi connectivity index (χ0) is 19.4. The summed E-state index contributed by atoms with van der Waals surface area (Å²) in [6.45, 7) is 5.42. The largest absolute Gasteiger partial charge is 0.497 e. The van der Waals surface area contributed by atoms with Gasteiger partial charge in [-0.3, -0.25) is 4.79 Å². The van der Waals surface area contributed by atoms with Crippen molar-refractivity contribution >= 4 is 5.91 Å². The topological polar surface area (TPSA) is 38.8 Å². The first kappa shape index (κ1) is 18.6. The maximum Gasteiger partial charge on any atom is 0.228 e. The molecule has 27 heavy (non-hydrogen) atoms. The van der Waals surface area contributed by atoms with Crippen molar-refractivity contribution in [2.45, 2.75) is 58.9 Å². The van der Waals surface area contributed by atoms with Crippen molar-refractivity contribution in [3.05, 3.63) is 23.8 Å². The summed E-state index contributed by atoms with van der Waals surface area (Å²) in [6.07, 6.45) is 7.13. The van der Waals surface area contributed by atoms with Crippen molar-refractivity contribution in [2.75, 3.05) is 21.3 Å². The van der Waals surface area contributed by atoms with Crippen molar-refractivity contribution in [1.82, 2.24) is 4.90 Å². The number of ether oxygens (including phenoxy) is 2. The highest BCUT2D eigenvalue weighted by molar-refractivity contribution is 5.83. The number of carbonyl (C=O) groups excluding carboxylic acids is 1. The highest BCUT2D eigenvalue weighted by Crippen LogP contribution is 2.69. The number of amides is 1. The molecule has 0 aromatic heterocycles. The van der Waals surface area contributed by atoms with Crippen molar-refractivity contribution < 1.29 is 14.3 Å². The fourth-order valence-electron chi connectivity index (χ4n) is 7.40. The van der Waals surface area contributed by atoms with Crippen LogP contribution in [0.2, 0.25) is 0 Å². The third-order valence-electron chi connectivity index (χ3n) is 7.33. The van der Waals surface area contributed by atoms with Crippen LogP contribution in [0.3, 0.4) is 0 Å². The molecule has 4 heteroatoms. The van der Waals surface area contributed by atoms with Crippen LogP contribution >= 0.6 is 0 Å². The van der Waals surface area contributed by atoms with Crippen LogP contribution in [-0.4, -0.2) is 32.1 Å². The third kappa shape index (κ3) is 3.11. The first-order chi connectivity index (χ1) is 12.7. The Morgan fingerprint density at radius 1 is 1.07 bits per heavy atom. The molecule has 4 nitrogen and oxygen atoms in total. The molecule has 4 aliphatic carbocycles. The highest BCUT2D eigenvalue weighted by Gasteiger charge is 2.63. The van der Waals surface area contributed by atoms with E-state index in [9.17, 15) is 4.79 Å². The van der Waals surface area contributed by atoms with Gasteiger partial charge in [0.15, 0.2) is 0 Å². The Morgan fingerprint density at radius 2 is 1.74 bits per heavy atom. The van der Waals surface area contributed by atoms with E-state index in [1.807, 2.05) is 30.1 Å². The van der Waals surface area contributed by atoms with E-state index in [1.54, 1.807) is 14.2 Å². The van der Waals surface area contributed by atoms with Crippen LogP contribution < -0.4 is 9.47 Å². The van der Waals surface area contributed by atoms with E-state index in [4.69, 9.17) is 9.47 Å². The van der Waals surface area contributed by atoms with Gasteiger partial charge in [0.05, 0.1) is 19.6 Å². The fourth-order valence-corrected chi connectivity index (χ4v) is 7.40. The van der Waals surface area contributed by atoms with E-state index in [-0.39, 0.29) is 5.41 Å². The number of nitrogens with zero attached hydrogens (tertiary/aromatic N) is 1. The lowest BCUT2D eigenvalue weighted by atomic mass is 9.40. The summed E-state index contributed by atoms with van der Waals surface area (Å²) >= 11 is 0. The number of hydrogen-bond acceptors (Lipinski definition) is 3. The van der Waals surface area contributed by atoms with Gasteiger partial charge in [0, 0.05) is 25.2 Å². The second-order valence-electron chi connectivity index (χ2n) is 10.2. The number of hydrogen-bond donors (Lipinski definition) is 0. The van der Waals surface area contributed by atoms with E-state index in [2.05, 4.69) is 13.8 Å². The molecule has 0 aliphatic heterocycles. The van der Waals surface area contributed by atoms with Gasteiger partial charge in [-0.1, -0.05) is 13.8 Å². The summed E-state index contributed by atoms with van der Waals surface area (Å²) < 4.78 is 10.8. The van der Waals surface area contributed by atoms with Gasteiger partial charge >= 0.3 is 0 Å². The predicted octanol–water partition coefficient (Wildman–Crippen LogP) is 4.66. The minimum Gasteiger partial charge on any atom is -0.497 e. The van der Waals surface area contributed by atoms with Gasteiger partial charge in [0.25, 0.3) is 0 Å². The van der Waals surface area contributed by atoms with Crippen molar-refractivity contribution in [2.24, 2.45) is 22.2 Å². The van der Waals surface area contributed by atoms with Gasteiger partial charge in [-0.2, -0.15) is 0 Å². The summed E-state index contributed by atoms with van der Waals surface area (Å²) in [5.41, 5.74) is 1.57. The zero-order valence-electron chi connectivity index (χ0n) is 17.4. The number of carbonyl (C=O) groups is 1. The molecular formula is C23H33NO3. The smallest absolute Gasteiger partial charge is 0.228 e. The van der Waals surface area contributed by atoms with Gasteiger partial charge in [-0.25, -0.2) is 0 Å². The molecule has 148 valence electrons. The molecule has 4 fully saturated rings. The average molecular weight is 372 g/mol. The fraction of sp³-hybridized carbons (Fsp3) is 0.696. The van der Waals surface area contributed by atoms with Gasteiger partial charge in [-0.15, -0.1) is 0 Å². The van der Waals surface area contributed by atoms with E-state index in [0.717, 1.165) is 42.2 Å². The van der Waals surface area contributed by atoms with Crippen LogP contribution in [0, 0.1) is 22.2 Å². The number of rotatable bonds is 5. The molecular weight excluding hydrogens is 338 g/mol. The quantitative estimate of drug-likeness (QED) is 0.756. The van der Waals surface area contributed by atoms with Crippen molar-refractivity contribution in [3.63, 3.8) is 0 Å². The second kappa shape index (κ2) is 6.15. The molecule has 4 saturated carbocycles. The first-order valence-electron chi connectivity index (χ1n) is 10.2. The summed E-state index contributed by atoms with van der Waals surface area (Å²) in [5, 5.41) is 0. The molecule has 1 aromatic rings. The maximum absolute atomic E-state index is 13.7. The summed E-state index contributed by atoms with van der Waals surface area (Å²) in [4.78, 5) is 15.6. The average Bonchev–Trinajstić information content (AvgIpc) is 2.58. The first-order valence-corrected chi connectivity index (χ1v) is 10.2. The second-order valence-corrected chi connectivity index (χ2v) is 10.2. The van der Waals surface area contributed by atoms with Crippen LogP contribution in [0.4, 0.5) is 0 Å². The molecule has 0 spiro atoms. The molecule has 1 amide bonds. The van der Waals surface area contributed by atoms with E-state index in [1.165, 1.54) is 19.3 Å². The third-order valence-corrected chi connectivity index (χ3v) is 7.33. The van der Waals surface area contributed by atoms with Crippen LogP contribution in [0.5, 0.6) is 11.5 Å². The Bertz CT molecular complexity index is 740. The van der Waals surface area contributed by atoms with Gasteiger partial charge < -0.3 is 14.4 Å². The SMILES string of the molecule is COc1ccc(CN(C)C(=O)C23CC4CC(C)(CC(C)(C4)C2)C3)c(OC)c1. The monoisotopic (exact) mass is 371 g/mol. The maximum atomic E-state index is 13.7. The van der Waals surface area contributed by atoms with Crippen LogP contribution in [-0.2, 0) is 11.3 Å². The Morgan fingerprint density at radius 3 is 2.30 bits per heavy atom. The van der Waals surface area contributed by atoms with Crippen molar-refractivity contribution in [3.8, 4) is 11.5 Å². The van der Waals surface area contributed by atoms with E-state index < -0.39 is 0 Å². The lowest BCUT2D eigenvalue weighted by molar-refractivity contribution is -0.178. The normalized spacial score (nSPS) is 36.6. The lowest BCUT2D eigenvalue weighted by Crippen LogP contribution is -2.59. The molecule has 0 N–H and O–H groups in total. The molecule has 1 aromatic carbocycles. The lowest BCUT2D eigenvalue weighted by Gasteiger charge is -2.65. The van der Waals surface area contributed by atoms with Gasteiger partial charge in [0.1, 0.15) is 11.5 Å². The molecule has 4 aliphatic rings. The number of methoxy groups -OCH3 is 2. The molecule has 0 heterocycles. The van der Waals surface area contributed by atoms with E-state index >= 15 is 0 Å². The van der Waals surface area contributed by atoms with Gasteiger partial charge in [0.2, 0.25) is 5.91 Å². The zero-order valence-corrected chi connectivity index (χ0v) is 17.4. The van der Waals surface area contributed by atoms with E-state index in [0.29, 0.717) is 23.3 Å². The Labute approximate surface area is 163 Å². The highest BCUT2D eigenvalue weighted by atomic mass is 16.5. The molecule has 5 rings (SSSR count). The minimum absolute atomic E-state index is 0.155. The standard InChI is InChI=1S/C23H33NO3/c1-21-9-16-10-22(2,13-21)15-23(11-16,14-21)20(25)24(3)12-17-6-7-18(26-4)8-19(17)27-5/h6-8,16H,9-15H2,1-5H3. The Hall–Kier alpha value is -1.71. The summed E-state index contributed by atoms with van der Waals surface area (Å²) in [5.74, 6) is 2.61. The minimum atomic E-state index is -0.155. The van der Waals surface area contributed by atoms with Gasteiger partial charge in [-0.05, 0) is 67.4 Å².